The van der Waals surface area contributed by atoms with Gasteiger partial charge in [-0.2, -0.15) is 0 Å². The molecule has 262 valence electrons. The number of benzene rings is 11. The van der Waals surface area contributed by atoms with Crippen LogP contribution < -0.4 is 9.47 Å². The molecule has 0 aliphatic heterocycles. The topological polar surface area (TPSA) is 58.9 Å². The van der Waals surface area contributed by atoms with E-state index in [-0.39, 0.29) is 23.0 Å². The van der Waals surface area contributed by atoms with E-state index in [1.54, 1.807) is 6.92 Å². The molecule has 0 bridgehead atoms. The van der Waals surface area contributed by atoms with E-state index in [1.165, 1.54) is 84.2 Å². The second-order valence-corrected chi connectivity index (χ2v) is 14.8. The Hall–Kier alpha value is -7.04. The van der Waals surface area contributed by atoms with Crippen molar-refractivity contribution >= 4 is 97.0 Å². The van der Waals surface area contributed by atoms with Crippen molar-refractivity contribution in [3.63, 3.8) is 0 Å². The minimum absolute atomic E-state index is 0.0572. The van der Waals surface area contributed by atoms with Gasteiger partial charge in [0.25, 0.3) is 0 Å². The third-order valence-electron chi connectivity index (χ3n) is 11.8. The predicted molar refractivity (Wildman–Crippen MR) is 231 cm³/mol. The Morgan fingerprint density at radius 2 is 0.691 bits per heavy atom. The number of fused-ring (bicyclic) bond motifs is 10. The van der Waals surface area contributed by atoms with Crippen LogP contribution in [0.15, 0.2) is 140 Å². The van der Waals surface area contributed by atoms with Crippen molar-refractivity contribution in [1.29, 1.82) is 0 Å². The molecule has 55 heavy (non-hydrogen) atoms. The maximum Gasteiger partial charge on any atom is 0.207 e. The van der Waals surface area contributed by atoms with Gasteiger partial charge in [-0.05, 0) is 194 Å². The zero-order valence-corrected chi connectivity index (χ0v) is 30.5. The second kappa shape index (κ2) is 11.5. The van der Waals surface area contributed by atoms with Gasteiger partial charge < -0.3 is 19.7 Å². The molecule has 0 fully saturated rings. The Labute approximate surface area is 316 Å². The Bertz CT molecular complexity index is 3490. The van der Waals surface area contributed by atoms with Crippen LogP contribution in [0.3, 0.4) is 0 Å². The van der Waals surface area contributed by atoms with Crippen LogP contribution in [0.5, 0.6) is 23.0 Å². The zero-order valence-electron chi connectivity index (χ0n) is 30.5. The molecule has 4 heteroatoms. The van der Waals surface area contributed by atoms with Gasteiger partial charge in [0.15, 0.2) is 11.5 Å². The first-order valence-electron chi connectivity index (χ1n) is 18.5. The van der Waals surface area contributed by atoms with Crippen LogP contribution in [0.25, 0.3) is 108 Å². The number of ether oxygens (including phenoxy) is 2. The van der Waals surface area contributed by atoms with Crippen molar-refractivity contribution in [3.8, 4) is 34.1 Å². The van der Waals surface area contributed by atoms with Crippen molar-refractivity contribution < 1.29 is 19.7 Å². The lowest BCUT2D eigenvalue weighted by atomic mass is 9.90. The molecular formula is C51H34O4. The second-order valence-electron chi connectivity index (χ2n) is 14.8. The van der Waals surface area contributed by atoms with Gasteiger partial charge in [-0.25, -0.2) is 0 Å². The first-order valence-corrected chi connectivity index (χ1v) is 18.5. The Morgan fingerprint density at radius 1 is 0.345 bits per heavy atom. The number of aromatic hydroxyl groups is 2. The zero-order chi connectivity index (χ0) is 37.1. The molecule has 0 heterocycles. The summed E-state index contributed by atoms with van der Waals surface area (Å²) in [6, 6.07) is 51.3. The van der Waals surface area contributed by atoms with Crippen LogP contribution >= 0.6 is 0 Å². The summed E-state index contributed by atoms with van der Waals surface area (Å²) in [5.74, 6) is 0.0912. The number of phenolic OH excluding ortho intramolecular Hbond substituents is 2. The first-order chi connectivity index (χ1) is 26.8. The molecule has 0 unspecified atom stereocenters. The van der Waals surface area contributed by atoms with Gasteiger partial charge in [0.05, 0.1) is 14.2 Å². The van der Waals surface area contributed by atoms with Crippen molar-refractivity contribution in [1.82, 2.24) is 0 Å². The molecule has 11 aromatic carbocycles. The molecule has 0 aliphatic rings. The first kappa shape index (κ1) is 31.5. The van der Waals surface area contributed by atoms with E-state index in [1.807, 2.05) is 12.1 Å². The van der Waals surface area contributed by atoms with Crippen LogP contribution in [-0.4, -0.2) is 24.4 Å². The van der Waals surface area contributed by atoms with Gasteiger partial charge in [-0.1, -0.05) is 54.6 Å². The van der Waals surface area contributed by atoms with Crippen LogP contribution in [0, 0.1) is 6.92 Å². The van der Waals surface area contributed by atoms with Crippen LogP contribution in [0.4, 0.5) is 0 Å². The predicted octanol–water partition coefficient (Wildman–Crippen LogP) is 13.5. The molecule has 0 aromatic heterocycles. The van der Waals surface area contributed by atoms with Gasteiger partial charge in [0.1, 0.15) is 0 Å². The van der Waals surface area contributed by atoms with Crippen LogP contribution in [-0.2, 0) is 0 Å². The summed E-state index contributed by atoms with van der Waals surface area (Å²) in [5.41, 5.74) is 1.83. The Morgan fingerprint density at radius 3 is 1.15 bits per heavy atom. The standard InChI is InChI=1S/C51H34O4/c1-27-47(49(53)51(55-3)50(54-2)48(27)52)43-10-6-9-30-15-35-20-36-16-31-11-12-32-17-37-21-38-18-33-13-28-7-4-5-8-29(28)14-34(33)19-39(38)22-40(37)25-45(32)46(31)26-42(36)23-41(35)24-44(30)43/h4-26,52-53H,1-3H3. The summed E-state index contributed by atoms with van der Waals surface area (Å²) < 4.78 is 10.9. The lowest BCUT2D eigenvalue weighted by Crippen LogP contribution is -1.96. The fourth-order valence-electron chi connectivity index (χ4n) is 9.00. The van der Waals surface area contributed by atoms with E-state index in [0.717, 1.165) is 32.5 Å². The number of rotatable bonds is 3. The maximum atomic E-state index is 11.4. The van der Waals surface area contributed by atoms with E-state index >= 15 is 0 Å². The average Bonchev–Trinajstić information content (AvgIpc) is 3.19. The molecular weight excluding hydrogens is 677 g/mol. The number of hydrogen-bond donors (Lipinski definition) is 2. The summed E-state index contributed by atoms with van der Waals surface area (Å²) in [7, 11) is 2.90. The normalized spacial score (nSPS) is 12.1. The number of methoxy groups -OCH3 is 2. The molecule has 0 spiro atoms. The molecule has 4 nitrogen and oxygen atoms in total. The maximum absolute atomic E-state index is 11.4. The van der Waals surface area contributed by atoms with E-state index < -0.39 is 0 Å². The Balaban J connectivity index is 1.10. The summed E-state index contributed by atoms with van der Waals surface area (Å²) in [5, 5.41) is 43.9. The van der Waals surface area contributed by atoms with Crippen molar-refractivity contribution in [2.75, 3.05) is 14.2 Å². The molecule has 0 amide bonds. The summed E-state index contributed by atoms with van der Waals surface area (Å²) in [6.45, 7) is 1.78. The average molecular weight is 711 g/mol. The molecule has 0 saturated carbocycles. The minimum Gasteiger partial charge on any atom is -0.504 e. The molecule has 0 saturated heterocycles. The van der Waals surface area contributed by atoms with E-state index in [9.17, 15) is 10.2 Å². The van der Waals surface area contributed by atoms with Crippen molar-refractivity contribution in [2.45, 2.75) is 6.92 Å². The van der Waals surface area contributed by atoms with E-state index in [0.29, 0.717) is 11.1 Å². The van der Waals surface area contributed by atoms with Crippen molar-refractivity contribution in [3.05, 3.63) is 145 Å². The van der Waals surface area contributed by atoms with Gasteiger partial charge in [0, 0.05) is 11.1 Å². The van der Waals surface area contributed by atoms with Crippen molar-refractivity contribution in [2.24, 2.45) is 0 Å². The highest BCUT2D eigenvalue weighted by molar-refractivity contribution is 6.19. The van der Waals surface area contributed by atoms with Gasteiger partial charge in [-0.3, -0.25) is 0 Å². The number of hydrogen-bond acceptors (Lipinski definition) is 4. The molecule has 11 rings (SSSR count). The van der Waals surface area contributed by atoms with Gasteiger partial charge >= 0.3 is 0 Å². The van der Waals surface area contributed by atoms with E-state index in [2.05, 4.69) is 127 Å². The monoisotopic (exact) mass is 710 g/mol. The summed E-state index contributed by atoms with van der Waals surface area (Å²) >= 11 is 0. The van der Waals surface area contributed by atoms with Crippen LogP contribution in [0.1, 0.15) is 5.56 Å². The number of phenols is 2. The van der Waals surface area contributed by atoms with Gasteiger partial charge in [-0.15, -0.1) is 0 Å². The van der Waals surface area contributed by atoms with E-state index in [4.69, 9.17) is 9.47 Å². The highest BCUT2D eigenvalue weighted by atomic mass is 16.5. The van der Waals surface area contributed by atoms with Gasteiger partial charge in [0.2, 0.25) is 11.5 Å². The quantitative estimate of drug-likeness (QED) is 0.109. The highest BCUT2D eigenvalue weighted by Crippen LogP contribution is 2.53. The smallest absolute Gasteiger partial charge is 0.207 e. The molecule has 2 N–H and O–H groups in total. The molecule has 0 atom stereocenters. The molecule has 0 aliphatic carbocycles. The third kappa shape index (κ3) is 4.64. The molecule has 0 radical (unpaired) electrons. The van der Waals surface area contributed by atoms with Crippen LogP contribution in [0.2, 0.25) is 0 Å². The molecule has 11 aromatic rings. The highest BCUT2D eigenvalue weighted by Gasteiger charge is 2.25. The largest absolute Gasteiger partial charge is 0.504 e. The minimum atomic E-state index is -0.0680. The lowest BCUT2D eigenvalue weighted by Gasteiger charge is -2.19. The fourth-order valence-corrected chi connectivity index (χ4v) is 9.00. The summed E-state index contributed by atoms with van der Waals surface area (Å²) in [4.78, 5) is 0. The summed E-state index contributed by atoms with van der Waals surface area (Å²) in [6.07, 6.45) is 0. The third-order valence-corrected chi connectivity index (χ3v) is 11.8. The fraction of sp³-hybridized carbons (Fsp3) is 0.0588. The lowest BCUT2D eigenvalue weighted by molar-refractivity contribution is 0.316. The SMILES string of the molecule is COc1c(O)c(C)c(-c2cccc3cc4cc5cc6ccc7cc8cc9cc%10cc%11ccccc%11cc%10cc9cc8cc7c6cc5cc4cc23)c(O)c1OC. The Kier molecular flexibility index (Phi) is 6.57.